The molecule has 4 aromatic rings. The fraction of sp³-hybridized carbons (Fsp3) is 0.250. The highest BCUT2D eigenvalue weighted by Crippen LogP contribution is 2.36. The van der Waals surface area contributed by atoms with E-state index in [0.29, 0.717) is 23.7 Å². The van der Waals surface area contributed by atoms with E-state index < -0.39 is 5.54 Å². The van der Waals surface area contributed by atoms with Gasteiger partial charge in [0.2, 0.25) is 5.91 Å². The third kappa shape index (κ3) is 4.04. The Balaban J connectivity index is 1.53. The monoisotopic (exact) mass is 484 g/mol. The summed E-state index contributed by atoms with van der Waals surface area (Å²) >= 11 is 0. The van der Waals surface area contributed by atoms with Crippen LogP contribution in [0.4, 0.5) is 5.69 Å². The number of aryl methyl sites for hydroxylation is 1. The standard InChI is InChI=1S/C28H28N4O4/c1-4-20-8-5-6-9-23(20)32-26(33)24-16-22(25-10-7-15-36-25)30-31(24)18-28(32,2)27(34)29-17-19-11-13-21(35-3)14-12-19/h5-16H,4,17-18H2,1-3H3,(H,29,34). The van der Waals surface area contributed by atoms with Crippen LogP contribution in [-0.4, -0.2) is 34.2 Å². The van der Waals surface area contributed by atoms with E-state index in [9.17, 15) is 9.59 Å². The number of hydrogen-bond acceptors (Lipinski definition) is 5. The number of nitrogens with one attached hydrogen (secondary N) is 1. The lowest BCUT2D eigenvalue weighted by atomic mass is 9.92. The highest BCUT2D eigenvalue weighted by Gasteiger charge is 2.49. The molecule has 36 heavy (non-hydrogen) atoms. The fourth-order valence-corrected chi connectivity index (χ4v) is 4.65. The van der Waals surface area contributed by atoms with Crippen LogP contribution < -0.4 is 15.0 Å². The average molecular weight is 485 g/mol. The van der Waals surface area contributed by atoms with Crippen molar-refractivity contribution in [3.05, 3.63) is 89.8 Å². The molecule has 0 aliphatic carbocycles. The Morgan fingerprint density at radius 3 is 2.61 bits per heavy atom. The van der Waals surface area contributed by atoms with Crippen LogP contribution in [0.2, 0.25) is 0 Å². The summed E-state index contributed by atoms with van der Waals surface area (Å²) in [5.74, 6) is 0.763. The van der Waals surface area contributed by atoms with Crippen LogP contribution in [0.15, 0.2) is 77.4 Å². The molecule has 0 spiro atoms. The summed E-state index contributed by atoms with van der Waals surface area (Å²) < 4.78 is 12.3. The number of carbonyl (C=O) groups excluding carboxylic acids is 2. The molecule has 0 fully saturated rings. The van der Waals surface area contributed by atoms with Gasteiger partial charge in [0.15, 0.2) is 5.76 Å². The Hall–Kier alpha value is -4.33. The Morgan fingerprint density at radius 2 is 1.92 bits per heavy atom. The van der Waals surface area contributed by atoms with Gasteiger partial charge in [-0.25, -0.2) is 0 Å². The van der Waals surface area contributed by atoms with Gasteiger partial charge < -0.3 is 14.5 Å². The van der Waals surface area contributed by atoms with Gasteiger partial charge in [-0.1, -0.05) is 37.3 Å². The van der Waals surface area contributed by atoms with Gasteiger partial charge in [-0.2, -0.15) is 5.10 Å². The number of para-hydroxylation sites is 1. The van der Waals surface area contributed by atoms with Crippen molar-refractivity contribution in [1.29, 1.82) is 0 Å². The van der Waals surface area contributed by atoms with Gasteiger partial charge in [-0.05, 0) is 54.8 Å². The zero-order chi connectivity index (χ0) is 25.3. The highest BCUT2D eigenvalue weighted by atomic mass is 16.5. The first kappa shape index (κ1) is 23.4. The first-order valence-electron chi connectivity index (χ1n) is 11.9. The second-order valence-electron chi connectivity index (χ2n) is 8.98. The highest BCUT2D eigenvalue weighted by molar-refractivity contribution is 6.12. The minimum atomic E-state index is -1.21. The number of methoxy groups -OCH3 is 1. The first-order chi connectivity index (χ1) is 17.4. The number of hydrogen-bond donors (Lipinski definition) is 1. The van der Waals surface area contributed by atoms with Gasteiger partial charge >= 0.3 is 0 Å². The van der Waals surface area contributed by atoms with Crippen LogP contribution in [0.3, 0.4) is 0 Å². The lowest BCUT2D eigenvalue weighted by Crippen LogP contribution is -2.64. The molecule has 0 saturated heterocycles. The van der Waals surface area contributed by atoms with Crippen molar-refractivity contribution in [2.45, 2.75) is 38.9 Å². The molecule has 3 heterocycles. The smallest absolute Gasteiger partial charge is 0.277 e. The zero-order valence-corrected chi connectivity index (χ0v) is 20.5. The number of benzene rings is 2. The van der Waals surface area contributed by atoms with E-state index in [1.165, 1.54) is 0 Å². The number of furan rings is 1. The Morgan fingerprint density at radius 1 is 1.14 bits per heavy atom. The number of amides is 2. The minimum absolute atomic E-state index is 0.196. The third-order valence-electron chi connectivity index (χ3n) is 6.64. The van der Waals surface area contributed by atoms with Crippen molar-refractivity contribution < 1.29 is 18.7 Å². The molecule has 8 nitrogen and oxygen atoms in total. The lowest BCUT2D eigenvalue weighted by molar-refractivity contribution is -0.126. The maximum Gasteiger partial charge on any atom is 0.277 e. The molecule has 1 aliphatic heterocycles. The van der Waals surface area contributed by atoms with Gasteiger partial charge in [0.25, 0.3) is 5.91 Å². The summed E-state index contributed by atoms with van der Waals surface area (Å²) in [6.45, 7) is 4.34. The molecule has 0 radical (unpaired) electrons. The molecule has 1 aliphatic rings. The van der Waals surface area contributed by atoms with Gasteiger partial charge in [0.1, 0.15) is 22.7 Å². The van der Waals surface area contributed by atoms with Crippen molar-refractivity contribution >= 4 is 17.5 Å². The summed E-state index contributed by atoms with van der Waals surface area (Å²) in [6, 6.07) is 20.5. The third-order valence-corrected chi connectivity index (χ3v) is 6.64. The van der Waals surface area contributed by atoms with Crippen molar-refractivity contribution in [3.63, 3.8) is 0 Å². The summed E-state index contributed by atoms with van der Waals surface area (Å²) in [4.78, 5) is 29.4. The van der Waals surface area contributed by atoms with Crippen molar-refractivity contribution in [2.24, 2.45) is 0 Å². The van der Waals surface area contributed by atoms with Crippen LogP contribution in [0.5, 0.6) is 5.75 Å². The molecule has 2 aromatic heterocycles. The van der Waals surface area contributed by atoms with E-state index in [4.69, 9.17) is 9.15 Å². The predicted molar refractivity (Wildman–Crippen MR) is 136 cm³/mol. The largest absolute Gasteiger partial charge is 0.497 e. The van der Waals surface area contributed by atoms with Crippen LogP contribution in [-0.2, 0) is 24.3 Å². The normalized spacial score (nSPS) is 17.1. The van der Waals surface area contributed by atoms with E-state index in [2.05, 4.69) is 10.4 Å². The van der Waals surface area contributed by atoms with Crippen molar-refractivity contribution in [2.75, 3.05) is 12.0 Å². The molecule has 2 aromatic carbocycles. The minimum Gasteiger partial charge on any atom is -0.497 e. The molecule has 184 valence electrons. The van der Waals surface area contributed by atoms with E-state index >= 15 is 0 Å². The molecule has 0 bridgehead atoms. The van der Waals surface area contributed by atoms with E-state index in [1.54, 1.807) is 48.1 Å². The van der Waals surface area contributed by atoms with E-state index in [-0.39, 0.29) is 18.4 Å². The maximum absolute atomic E-state index is 14.0. The quantitative estimate of drug-likeness (QED) is 0.419. The number of fused-ring (bicyclic) bond motifs is 1. The zero-order valence-electron chi connectivity index (χ0n) is 20.5. The second-order valence-corrected chi connectivity index (χ2v) is 8.98. The number of nitrogens with zero attached hydrogens (tertiary/aromatic N) is 3. The number of aromatic nitrogens is 2. The second kappa shape index (κ2) is 9.37. The van der Waals surface area contributed by atoms with Gasteiger partial charge in [0, 0.05) is 18.3 Å². The summed E-state index contributed by atoms with van der Waals surface area (Å²) in [6.07, 6.45) is 2.29. The summed E-state index contributed by atoms with van der Waals surface area (Å²) in [7, 11) is 1.61. The van der Waals surface area contributed by atoms with E-state index in [0.717, 1.165) is 29.0 Å². The molecular formula is C28H28N4O4. The lowest BCUT2D eigenvalue weighted by Gasteiger charge is -2.43. The van der Waals surface area contributed by atoms with Crippen LogP contribution in [0, 0.1) is 0 Å². The number of carbonyl (C=O) groups is 2. The SMILES string of the molecule is CCc1ccccc1N1C(=O)c2cc(-c3ccco3)nn2CC1(C)C(=O)NCc1ccc(OC)cc1. The number of anilines is 1. The maximum atomic E-state index is 14.0. The number of rotatable bonds is 7. The predicted octanol–water partition coefficient (Wildman–Crippen LogP) is 4.45. The molecule has 1 atom stereocenters. The van der Waals surface area contributed by atoms with Crippen molar-refractivity contribution in [1.82, 2.24) is 15.1 Å². The molecule has 5 rings (SSSR count). The fourth-order valence-electron chi connectivity index (χ4n) is 4.65. The average Bonchev–Trinajstić information content (AvgIpc) is 3.58. The topological polar surface area (TPSA) is 89.6 Å². The van der Waals surface area contributed by atoms with Crippen LogP contribution in [0.25, 0.3) is 11.5 Å². The molecule has 0 saturated carbocycles. The Labute approximate surface area is 209 Å². The number of ether oxygens (including phenoxy) is 1. The molecule has 1 N–H and O–H groups in total. The first-order valence-corrected chi connectivity index (χ1v) is 11.9. The van der Waals surface area contributed by atoms with Crippen LogP contribution in [0.1, 0.15) is 35.5 Å². The summed E-state index contributed by atoms with van der Waals surface area (Å²) in [5.41, 5.74) is 2.38. The molecular weight excluding hydrogens is 456 g/mol. The van der Waals surface area contributed by atoms with Gasteiger partial charge in [-0.15, -0.1) is 0 Å². The van der Waals surface area contributed by atoms with Gasteiger partial charge in [0.05, 0.1) is 19.9 Å². The molecule has 8 heteroatoms. The summed E-state index contributed by atoms with van der Waals surface area (Å²) in [5, 5.41) is 7.65. The van der Waals surface area contributed by atoms with Crippen molar-refractivity contribution in [3.8, 4) is 17.2 Å². The van der Waals surface area contributed by atoms with Crippen LogP contribution >= 0.6 is 0 Å². The van der Waals surface area contributed by atoms with Gasteiger partial charge in [-0.3, -0.25) is 19.2 Å². The van der Waals surface area contributed by atoms with E-state index in [1.807, 2.05) is 55.5 Å². The Bertz CT molecular complexity index is 1390. The molecule has 2 amide bonds. The Kier molecular flexibility index (Phi) is 6.10. The molecule has 1 unspecified atom stereocenters.